The first-order valence-electron chi connectivity index (χ1n) is 6.46. The third kappa shape index (κ3) is 3.54. The molecular weight excluding hydrogens is 250 g/mol. The highest BCUT2D eigenvalue weighted by atomic mass is 16.4. The van der Waals surface area contributed by atoms with E-state index in [1.165, 1.54) is 16.7 Å². The molecule has 0 radical (unpaired) electrons. The molecule has 0 aliphatic carbocycles. The van der Waals surface area contributed by atoms with E-state index in [4.69, 9.17) is 5.11 Å². The SMILES string of the molecule is CC(=Cc1ccc(Cc2cnccc2C)cc1)C(=O)O. The molecule has 102 valence electrons. The Balaban J connectivity index is 2.15. The summed E-state index contributed by atoms with van der Waals surface area (Å²) in [5.74, 6) is -0.889. The van der Waals surface area contributed by atoms with E-state index in [0.29, 0.717) is 5.57 Å². The number of hydrogen-bond acceptors (Lipinski definition) is 2. The molecule has 0 amide bonds. The number of carboxylic acid groups (broad SMARTS) is 1. The van der Waals surface area contributed by atoms with Gasteiger partial charge in [-0.25, -0.2) is 4.79 Å². The van der Waals surface area contributed by atoms with Crippen LogP contribution in [0.3, 0.4) is 0 Å². The first-order chi connectivity index (χ1) is 9.56. The molecule has 0 fully saturated rings. The molecule has 3 nitrogen and oxygen atoms in total. The average Bonchev–Trinajstić information content (AvgIpc) is 2.43. The number of aryl methyl sites for hydroxylation is 1. The fourth-order valence-electron chi connectivity index (χ4n) is 1.95. The number of carbonyl (C=O) groups is 1. The number of aromatic nitrogens is 1. The van der Waals surface area contributed by atoms with Crippen molar-refractivity contribution in [3.8, 4) is 0 Å². The quantitative estimate of drug-likeness (QED) is 0.863. The topological polar surface area (TPSA) is 50.2 Å². The number of aliphatic carboxylic acids is 1. The van der Waals surface area contributed by atoms with Crippen molar-refractivity contribution in [3.05, 3.63) is 70.6 Å². The Hall–Kier alpha value is -2.42. The van der Waals surface area contributed by atoms with Gasteiger partial charge < -0.3 is 5.11 Å². The van der Waals surface area contributed by atoms with Gasteiger partial charge in [-0.3, -0.25) is 4.98 Å². The lowest BCUT2D eigenvalue weighted by molar-refractivity contribution is -0.132. The molecule has 20 heavy (non-hydrogen) atoms. The van der Waals surface area contributed by atoms with E-state index in [1.807, 2.05) is 36.5 Å². The molecule has 0 unspecified atom stereocenters. The van der Waals surface area contributed by atoms with E-state index in [9.17, 15) is 4.79 Å². The van der Waals surface area contributed by atoms with Crippen LogP contribution < -0.4 is 0 Å². The van der Waals surface area contributed by atoms with Crippen molar-refractivity contribution in [1.29, 1.82) is 0 Å². The number of benzene rings is 1. The van der Waals surface area contributed by atoms with Crippen LogP contribution in [0.1, 0.15) is 29.2 Å². The zero-order valence-corrected chi connectivity index (χ0v) is 11.6. The molecule has 1 N–H and O–H groups in total. The second-order valence-electron chi connectivity index (χ2n) is 4.85. The van der Waals surface area contributed by atoms with Crippen molar-refractivity contribution in [2.45, 2.75) is 20.3 Å². The van der Waals surface area contributed by atoms with Gasteiger partial charge in [-0.2, -0.15) is 0 Å². The minimum Gasteiger partial charge on any atom is -0.478 e. The van der Waals surface area contributed by atoms with Crippen LogP contribution in [0.5, 0.6) is 0 Å². The van der Waals surface area contributed by atoms with Crippen LogP contribution in [-0.4, -0.2) is 16.1 Å². The maximum atomic E-state index is 10.8. The molecule has 1 heterocycles. The first kappa shape index (κ1) is 14.0. The molecule has 0 aliphatic rings. The third-order valence-electron chi connectivity index (χ3n) is 3.24. The van der Waals surface area contributed by atoms with E-state index in [1.54, 1.807) is 19.2 Å². The maximum Gasteiger partial charge on any atom is 0.331 e. The van der Waals surface area contributed by atoms with E-state index >= 15 is 0 Å². The van der Waals surface area contributed by atoms with Gasteiger partial charge in [-0.1, -0.05) is 24.3 Å². The van der Waals surface area contributed by atoms with Gasteiger partial charge in [0.15, 0.2) is 0 Å². The standard InChI is InChI=1S/C17H17NO2/c1-12-7-8-18-11-16(12)10-15-5-3-14(4-6-15)9-13(2)17(19)20/h3-9,11H,10H2,1-2H3,(H,19,20). The highest BCUT2D eigenvalue weighted by Crippen LogP contribution is 2.14. The van der Waals surface area contributed by atoms with Crippen LogP contribution in [0.2, 0.25) is 0 Å². The van der Waals surface area contributed by atoms with E-state index in [2.05, 4.69) is 11.9 Å². The molecule has 1 aromatic carbocycles. The maximum absolute atomic E-state index is 10.8. The highest BCUT2D eigenvalue weighted by Gasteiger charge is 2.02. The van der Waals surface area contributed by atoms with Crippen LogP contribution in [0.15, 0.2) is 48.3 Å². The number of pyridine rings is 1. The van der Waals surface area contributed by atoms with Gasteiger partial charge in [-0.05, 0) is 54.7 Å². The molecule has 0 bridgehead atoms. The summed E-state index contributed by atoms with van der Waals surface area (Å²) in [7, 11) is 0. The summed E-state index contributed by atoms with van der Waals surface area (Å²) in [4.78, 5) is 14.9. The number of rotatable bonds is 4. The molecule has 0 spiro atoms. The minimum absolute atomic E-state index is 0.334. The van der Waals surface area contributed by atoms with E-state index in [0.717, 1.165) is 12.0 Å². The van der Waals surface area contributed by atoms with Crippen LogP contribution in [0.4, 0.5) is 0 Å². The molecule has 2 aromatic rings. The number of hydrogen-bond donors (Lipinski definition) is 1. The van der Waals surface area contributed by atoms with Crippen molar-refractivity contribution < 1.29 is 9.90 Å². The van der Waals surface area contributed by atoms with Crippen molar-refractivity contribution >= 4 is 12.0 Å². The Labute approximate surface area is 118 Å². The van der Waals surface area contributed by atoms with Crippen LogP contribution in [0, 0.1) is 6.92 Å². The predicted octanol–water partition coefficient (Wildman–Crippen LogP) is 3.47. The van der Waals surface area contributed by atoms with Gasteiger partial charge in [0.1, 0.15) is 0 Å². The number of carboxylic acids is 1. The smallest absolute Gasteiger partial charge is 0.331 e. The van der Waals surface area contributed by atoms with E-state index in [-0.39, 0.29) is 0 Å². The van der Waals surface area contributed by atoms with Gasteiger partial charge in [0, 0.05) is 18.0 Å². The van der Waals surface area contributed by atoms with Crippen molar-refractivity contribution in [2.24, 2.45) is 0 Å². The lowest BCUT2D eigenvalue weighted by Crippen LogP contribution is -1.95. The zero-order chi connectivity index (χ0) is 14.5. The van der Waals surface area contributed by atoms with Crippen LogP contribution in [-0.2, 0) is 11.2 Å². The molecule has 1 aromatic heterocycles. The van der Waals surface area contributed by atoms with Crippen molar-refractivity contribution in [1.82, 2.24) is 4.98 Å². The first-order valence-corrected chi connectivity index (χ1v) is 6.46. The second-order valence-corrected chi connectivity index (χ2v) is 4.85. The van der Waals surface area contributed by atoms with Gasteiger partial charge in [0.2, 0.25) is 0 Å². The van der Waals surface area contributed by atoms with Gasteiger partial charge in [0.05, 0.1) is 0 Å². The fraction of sp³-hybridized carbons (Fsp3) is 0.176. The van der Waals surface area contributed by atoms with Gasteiger partial charge in [0.25, 0.3) is 0 Å². The summed E-state index contributed by atoms with van der Waals surface area (Å²) in [6, 6.07) is 9.92. The third-order valence-corrected chi connectivity index (χ3v) is 3.24. The van der Waals surface area contributed by atoms with Crippen LogP contribution in [0.25, 0.3) is 6.08 Å². The summed E-state index contributed by atoms with van der Waals surface area (Å²) in [5, 5.41) is 8.85. The molecule has 0 atom stereocenters. The Morgan fingerprint density at radius 3 is 2.55 bits per heavy atom. The van der Waals surface area contributed by atoms with Gasteiger partial charge in [-0.15, -0.1) is 0 Å². The molecule has 0 saturated heterocycles. The normalized spacial score (nSPS) is 11.4. The lowest BCUT2D eigenvalue weighted by atomic mass is 10.0. The summed E-state index contributed by atoms with van der Waals surface area (Å²) >= 11 is 0. The number of nitrogens with zero attached hydrogens (tertiary/aromatic N) is 1. The molecular formula is C17H17NO2. The summed E-state index contributed by atoms with van der Waals surface area (Å²) in [6.45, 7) is 3.67. The highest BCUT2D eigenvalue weighted by molar-refractivity contribution is 5.91. The van der Waals surface area contributed by atoms with Crippen molar-refractivity contribution in [2.75, 3.05) is 0 Å². The zero-order valence-electron chi connectivity index (χ0n) is 11.6. The molecule has 3 heteroatoms. The molecule has 2 rings (SSSR count). The minimum atomic E-state index is -0.889. The van der Waals surface area contributed by atoms with E-state index < -0.39 is 5.97 Å². The Kier molecular flexibility index (Phi) is 4.31. The summed E-state index contributed by atoms with van der Waals surface area (Å²) in [6.07, 6.45) is 6.18. The Morgan fingerprint density at radius 2 is 1.95 bits per heavy atom. The van der Waals surface area contributed by atoms with Crippen LogP contribution >= 0.6 is 0 Å². The average molecular weight is 267 g/mol. The molecule has 0 saturated carbocycles. The Morgan fingerprint density at radius 1 is 1.25 bits per heavy atom. The monoisotopic (exact) mass is 267 g/mol. The summed E-state index contributed by atoms with van der Waals surface area (Å²) in [5.41, 5.74) is 4.85. The lowest BCUT2D eigenvalue weighted by Gasteiger charge is -2.05. The molecule has 0 aliphatic heterocycles. The van der Waals surface area contributed by atoms with Crippen molar-refractivity contribution in [3.63, 3.8) is 0 Å². The predicted molar refractivity (Wildman–Crippen MR) is 79.5 cm³/mol. The summed E-state index contributed by atoms with van der Waals surface area (Å²) < 4.78 is 0. The van der Waals surface area contributed by atoms with Gasteiger partial charge >= 0.3 is 5.97 Å². The largest absolute Gasteiger partial charge is 0.478 e. The fourth-order valence-corrected chi connectivity index (χ4v) is 1.95. The second kappa shape index (κ2) is 6.15. The Bertz CT molecular complexity index is 642.